The molecule has 1 aliphatic rings. The lowest BCUT2D eigenvalue weighted by Gasteiger charge is -2.25. The summed E-state index contributed by atoms with van der Waals surface area (Å²) in [6, 6.07) is 14.7. The van der Waals surface area contributed by atoms with Crippen LogP contribution in [-0.4, -0.2) is 22.4 Å². The summed E-state index contributed by atoms with van der Waals surface area (Å²) >= 11 is 0. The SMILES string of the molecule is CCCCCCOc1ccc(C2c3c(oc4c(C)cc(C)cc4c3=O)C(=O)N2Cc2cccnc2)cc1. The molecule has 2 aromatic heterocycles. The van der Waals surface area contributed by atoms with Crippen LogP contribution in [0.25, 0.3) is 11.0 Å². The lowest BCUT2D eigenvalue weighted by atomic mass is 9.97. The van der Waals surface area contributed by atoms with E-state index in [-0.39, 0.29) is 17.1 Å². The van der Waals surface area contributed by atoms with E-state index in [1.54, 1.807) is 17.3 Å². The van der Waals surface area contributed by atoms with E-state index in [0.29, 0.717) is 29.7 Å². The van der Waals surface area contributed by atoms with Crippen molar-refractivity contribution >= 4 is 16.9 Å². The maximum atomic E-state index is 13.9. The molecule has 6 nitrogen and oxygen atoms in total. The van der Waals surface area contributed by atoms with Crippen LogP contribution in [0.5, 0.6) is 5.75 Å². The van der Waals surface area contributed by atoms with Crippen molar-refractivity contribution in [2.75, 3.05) is 6.61 Å². The fraction of sp³-hybridized carbons (Fsp3) is 0.323. The minimum absolute atomic E-state index is 0.120. The van der Waals surface area contributed by atoms with Crippen LogP contribution in [-0.2, 0) is 6.54 Å². The highest BCUT2D eigenvalue weighted by Gasteiger charge is 2.42. The van der Waals surface area contributed by atoms with Gasteiger partial charge in [0.05, 0.1) is 23.6 Å². The fourth-order valence-corrected chi connectivity index (χ4v) is 5.14. The fourth-order valence-electron chi connectivity index (χ4n) is 5.14. The Labute approximate surface area is 216 Å². The molecule has 0 fully saturated rings. The van der Waals surface area contributed by atoms with Crippen molar-refractivity contribution in [2.24, 2.45) is 0 Å². The van der Waals surface area contributed by atoms with E-state index in [2.05, 4.69) is 11.9 Å². The number of fused-ring (bicyclic) bond motifs is 2. The number of unbranched alkanes of at least 4 members (excludes halogenated alkanes) is 3. The van der Waals surface area contributed by atoms with Crippen LogP contribution in [0.15, 0.2) is 70.1 Å². The molecule has 1 amide bonds. The lowest BCUT2D eigenvalue weighted by Crippen LogP contribution is -2.29. The zero-order chi connectivity index (χ0) is 25.9. The number of rotatable bonds is 9. The summed E-state index contributed by atoms with van der Waals surface area (Å²) in [4.78, 5) is 33.5. The van der Waals surface area contributed by atoms with Gasteiger partial charge in [-0.25, -0.2) is 0 Å². The highest BCUT2D eigenvalue weighted by Crippen LogP contribution is 2.40. The van der Waals surface area contributed by atoms with Crippen LogP contribution in [0.1, 0.15) is 77.0 Å². The predicted octanol–water partition coefficient (Wildman–Crippen LogP) is 6.51. The van der Waals surface area contributed by atoms with Crippen molar-refractivity contribution in [3.8, 4) is 5.75 Å². The van der Waals surface area contributed by atoms with Crippen LogP contribution in [0.2, 0.25) is 0 Å². The number of aryl methyl sites for hydroxylation is 2. The summed E-state index contributed by atoms with van der Waals surface area (Å²) < 4.78 is 12.1. The monoisotopic (exact) mass is 496 g/mol. The highest BCUT2D eigenvalue weighted by atomic mass is 16.5. The molecular formula is C31H32N2O4. The van der Waals surface area contributed by atoms with E-state index >= 15 is 0 Å². The molecule has 0 aliphatic carbocycles. The number of carbonyl (C=O) groups is 1. The summed E-state index contributed by atoms with van der Waals surface area (Å²) in [5.41, 5.74) is 4.23. The molecule has 0 saturated carbocycles. The van der Waals surface area contributed by atoms with Crippen LogP contribution in [0.4, 0.5) is 0 Å². The molecule has 1 atom stereocenters. The first kappa shape index (κ1) is 24.8. The average molecular weight is 497 g/mol. The van der Waals surface area contributed by atoms with Gasteiger partial charge in [-0.3, -0.25) is 14.6 Å². The Kier molecular flexibility index (Phi) is 7.08. The van der Waals surface area contributed by atoms with Gasteiger partial charge in [0.2, 0.25) is 5.76 Å². The Balaban J connectivity index is 1.55. The lowest BCUT2D eigenvalue weighted by molar-refractivity contribution is 0.0714. The van der Waals surface area contributed by atoms with Crippen LogP contribution in [0, 0.1) is 13.8 Å². The van der Waals surface area contributed by atoms with E-state index in [9.17, 15) is 9.59 Å². The van der Waals surface area contributed by atoms with Crippen molar-refractivity contribution in [1.29, 1.82) is 0 Å². The first-order valence-corrected chi connectivity index (χ1v) is 13.0. The first-order chi connectivity index (χ1) is 18.0. The molecule has 190 valence electrons. The molecule has 0 spiro atoms. The van der Waals surface area contributed by atoms with E-state index in [1.807, 2.05) is 62.4 Å². The third-order valence-corrected chi connectivity index (χ3v) is 6.94. The molecule has 4 aromatic rings. The van der Waals surface area contributed by atoms with E-state index in [1.165, 1.54) is 12.8 Å². The topological polar surface area (TPSA) is 72.6 Å². The Morgan fingerprint density at radius 2 is 1.84 bits per heavy atom. The van der Waals surface area contributed by atoms with E-state index < -0.39 is 6.04 Å². The van der Waals surface area contributed by atoms with Gasteiger partial charge >= 0.3 is 0 Å². The molecule has 0 radical (unpaired) electrons. The maximum Gasteiger partial charge on any atom is 0.291 e. The molecular weight excluding hydrogens is 464 g/mol. The molecule has 1 aliphatic heterocycles. The van der Waals surface area contributed by atoms with Crippen molar-refractivity contribution < 1.29 is 13.9 Å². The van der Waals surface area contributed by atoms with E-state index in [0.717, 1.165) is 40.8 Å². The highest BCUT2D eigenvalue weighted by molar-refractivity contribution is 5.99. The number of carbonyl (C=O) groups excluding carboxylic acids is 1. The minimum Gasteiger partial charge on any atom is -0.494 e. The normalized spacial score (nSPS) is 14.8. The number of ether oxygens (including phenoxy) is 1. The average Bonchev–Trinajstić information content (AvgIpc) is 3.17. The number of hydrogen-bond donors (Lipinski definition) is 0. The van der Waals surface area contributed by atoms with Crippen molar-refractivity contribution in [3.05, 3.63) is 105 Å². The molecule has 6 heteroatoms. The summed E-state index contributed by atoms with van der Waals surface area (Å²) in [6.45, 7) is 7.03. The van der Waals surface area contributed by atoms with Crippen molar-refractivity contribution in [3.63, 3.8) is 0 Å². The zero-order valence-corrected chi connectivity index (χ0v) is 21.6. The largest absolute Gasteiger partial charge is 0.494 e. The van der Waals surface area contributed by atoms with Gasteiger partial charge in [-0.05, 0) is 66.8 Å². The second kappa shape index (κ2) is 10.6. The minimum atomic E-state index is -0.567. The Hall–Kier alpha value is -3.93. The smallest absolute Gasteiger partial charge is 0.291 e. The van der Waals surface area contributed by atoms with Gasteiger partial charge in [0.15, 0.2) is 5.43 Å². The molecule has 0 bridgehead atoms. The zero-order valence-electron chi connectivity index (χ0n) is 21.6. The number of amides is 1. The van der Waals surface area contributed by atoms with Gasteiger partial charge in [0, 0.05) is 18.9 Å². The summed E-state index contributed by atoms with van der Waals surface area (Å²) in [5, 5.41) is 0.504. The van der Waals surface area contributed by atoms with Gasteiger partial charge in [0.25, 0.3) is 5.91 Å². The number of aromatic nitrogens is 1. The quantitative estimate of drug-likeness (QED) is 0.247. The molecule has 3 heterocycles. The third kappa shape index (κ3) is 4.88. The van der Waals surface area contributed by atoms with Crippen molar-refractivity contribution in [1.82, 2.24) is 9.88 Å². The van der Waals surface area contributed by atoms with Gasteiger partial charge < -0.3 is 14.1 Å². The number of benzene rings is 2. The molecule has 5 rings (SSSR count). The van der Waals surface area contributed by atoms with Gasteiger partial charge in [-0.2, -0.15) is 0 Å². The van der Waals surface area contributed by atoms with Crippen LogP contribution >= 0.6 is 0 Å². The second-order valence-electron chi connectivity index (χ2n) is 9.81. The molecule has 2 aromatic carbocycles. The van der Waals surface area contributed by atoms with Gasteiger partial charge in [0.1, 0.15) is 11.3 Å². The van der Waals surface area contributed by atoms with Gasteiger partial charge in [-0.1, -0.05) is 50.5 Å². The summed E-state index contributed by atoms with van der Waals surface area (Å²) in [7, 11) is 0. The molecule has 37 heavy (non-hydrogen) atoms. The number of hydrogen-bond acceptors (Lipinski definition) is 5. The summed E-state index contributed by atoms with van der Waals surface area (Å²) in [5.74, 6) is 0.606. The number of pyridine rings is 1. The summed E-state index contributed by atoms with van der Waals surface area (Å²) in [6.07, 6.45) is 8.01. The predicted molar refractivity (Wildman–Crippen MR) is 144 cm³/mol. The standard InChI is InChI=1S/C31H32N2O4/c1-4-5-6-7-15-36-24-12-10-23(11-13-24)27-26-28(34)25-17-20(2)16-21(3)29(25)37-30(26)31(35)33(27)19-22-9-8-14-32-18-22/h8-14,16-18,27H,4-7,15,19H2,1-3H3. The Bertz CT molecular complexity index is 1480. The van der Waals surface area contributed by atoms with Crippen LogP contribution in [0.3, 0.4) is 0 Å². The van der Waals surface area contributed by atoms with Crippen LogP contribution < -0.4 is 10.2 Å². The van der Waals surface area contributed by atoms with Gasteiger partial charge in [-0.15, -0.1) is 0 Å². The maximum absolute atomic E-state index is 13.9. The first-order valence-electron chi connectivity index (χ1n) is 13.0. The molecule has 0 saturated heterocycles. The Morgan fingerprint density at radius 1 is 1.03 bits per heavy atom. The van der Waals surface area contributed by atoms with E-state index in [4.69, 9.17) is 9.15 Å². The van der Waals surface area contributed by atoms with Crippen molar-refractivity contribution in [2.45, 2.75) is 59.0 Å². The Morgan fingerprint density at radius 3 is 2.57 bits per heavy atom. The number of nitrogens with zero attached hydrogens (tertiary/aromatic N) is 2. The third-order valence-electron chi connectivity index (χ3n) is 6.94. The molecule has 0 N–H and O–H groups in total. The second-order valence-corrected chi connectivity index (χ2v) is 9.81. The molecule has 1 unspecified atom stereocenters.